The third kappa shape index (κ3) is 5.41. The maximum absolute atomic E-state index is 13.6. The first-order valence-corrected chi connectivity index (χ1v) is 12.6. The van der Waals surface area contributed by atoms with E-state index in [2.05, 4.69) is 21.5 Å². The number of rotatable bonds is 8. The Bertz CT molecular complexity index is 1680. The molecular weight excluding hydrogens is 493 g/mol. The lowest BCUT2D eigenvalue weighted by Gasteiger charge is -2.22. The molecule has 6 nitrogen and oxygen atoms in total. The van der Waals surface area contributed by atoms with Gasteiger partial charge in [-0.3, -0.25) is 9.59 Å². The van der Waals surface area contributed by atoms with Crippen LogP contribution in [0.4, 0.5) is 4.39 Å². The molecule has 0 spiro atoms. The van der Waals surface area contributed by atoms with E-state index in [-0.39, 0.29) is 17.6 Å². The molecule has 0 aliphatic carbocycles. The number of terminal acetylenes is 1. The Labute approximate surface area is 226 Å². The average molecular weight is 524 g/mol. The van der Waals surface area contributed by atoms with Crippen LogP contribution in [0.1, 0.15) is 43.1 Å². The van der Waals surface area contributed by atoms with Gasteiger partial charge in [0.25, 0.3) is 5.91 Å². The fourth-order valence-electron chi connectivity index (χ4n) is 4.30. The molecule has 0 fully saturated rings. The summed E-state index contributed by atoms with van der Waals surface area (Å²) in [5.74, 6) is 1.93. The monoisotopic (exact) mass is 523 g/mol. The lowest BCUT2D eigenvalue weighted by molar-refractivity contribution is -0.117. The number of aromatic amines is 1. The van der Waals surface area contributed by atoms with E-state index in [1.165, 1.54) is 18.2 Å². The number of furan rings is 1. The second-order valence-corrected chi connectivity index (χ2v) is 9.26. The quantitative estimate of drug-likeness (QED) is 0.140. The molecule has 39 heavy (non-hydrogen) atoms. The standard InChI is InChI=1S/C32H30FN3O3/c1-6-9-10-20(13-16-26(37)36-32(4,7-2)8-3)24-19-25-27(31(38)34-5)29(21-11-14-22(33)15-12-21)39-30(25)23-17-18-35-28(23)24/h2,6,9-19,35H,8H2,1,3-5H3,(H,34,38)(H,36,37)/b9-6-,16-13+,20-10+. The molecule has 0 radical (unpaired) electrons. The van der Waals surface area contributed by atoms with E-state index in [1.807, 2.05) is 44.2 Å². The topological polar surface area (TPSA) is 87.1 Å². The van der Waals surface area contributed by atoms with E-state index in [0.29, 0.717) is 34.3 Å². The zero-order valence-corrected chi connectivity index (χ0v) is 22.3. The van der Waals surface area contributed by atoms with Gasteiger partial charge in [0.05, 0.1) is 16.6 Å². The molecule has 0 bridgehead atoms. The summed E-state index contributed by atoms with van der Waals surface area (Å²) in [6.45, 7) is 5.60. The molecule has 2 heterocycles. The number of aromatic nitrogens is 1. The number of amides is 2. The van der Waals surface area contributed by atoms with Crippen molar-refractivity contribution in [2.45, 2.75) is 32.7 Å². The van der Waals surface area contributed by atoms with Crippen molar-refractivity contribution in [3.05, 3.63) is 89.9 Å². The van der Waals surface area contributed by atoms with Crippen molar-refractivity contribution in [2.75, 3.05) is 7.05 Å². The van der Waals surface area contributed by atoms with Gasteiger partial charge in [-0.25, -0.2) is 4.39 Å². The van der Waals surface area contributed by atoms with Gasteiger partial charge < -0.3 is 20.0 Å². The van der Waals surface area contributed by atoms with Crippen LogP contribution in [-0.4, -0.2) is 29.4 Å². The maximum atomic E-state index is 13.6. The Balaban J connectivity index is 1.93. The summed E-state index contributed by atoms with van der Waals surface area (Å²) in [7, 11) is 1.55. The average Bonchev–Trinajstić information content (AvgIpc) is 3.58. The first-order chi connectivity index (χ1) is 18.7. The lowest BCUT2D eigenvalue weighted by atomic mass is 9.96. The molecule has 0 aliphatic heterocycles. The van der Waals surface area contributed by atoms with Crippen LogP contribution in [0.3, 0.4) is 0 Å². The first-order valence-electron chi connectivity index (χ1n) is 12.6. The van der Waals surface area contributed by atoms with Crippen molar-refractivity contribution < 1.29 is 18.4 Å². The molecule has 3 N–H and O–H groups in total. The van der Waals surface area contributed by atoms with Crippen molar-refractivity contribution in [1.82, 2.24) is 15.6 Å². The third-order valence-corrected chi connectivity index (χ3v) is 6.67. The van der Waals surface area contributed by atoms with E-state index in [0.717, 1.165) is 22.0 Å². The molecule has 4 rings (SSSR count). The van der Waals surface area contributed by atoms with Crippen molar-refractivity contribution >= 4 is 39.3 Å². The molecule has 2 amide bonds. The Morgan fingerprint density at radius 1 is 1.18 bits per heavy atom. The number of fused-ring (bicyclic) bond motifs is 3. The Morgan fingerprint density at radius 2 is 1.92 bits per heavy atom. The van der Waals surface area contributed by atoms with Crippen LogP contribution in [0.5, 0.6) is 0 Å². The molecule has 1 unspecified atom stereocenters. The second-order valence-electron chi connectivity index (χ2n) is 9.26. The lowest BCUT2D eigenvalue weighted by Crippen LogP contribution is -2.43. The molecule has 2 aromatic heterocycles. The molecule has 4 aromatic rings. The van der Waals surface area contributed by atoms with Gasteiger partial charge >= 0.3 is 0 Å². The maximum Gasteiger partial charge on any atom is 0.255 e. The Kier molecular flexibility index (Phi) is 7.87. The minimum Gasteiger partial charge on any atom is -0.454 e. The summed E-state index contributed by atoms with van der Waals surface area (Å²) in [4.78, 5) is 29.1. The van der Waals surface area contributed by atoms with Crippen molar-refractivity contribution in [2.24, 2.45) is 0 Å². The van der Waals surface area contributed by atoms with Gasteiger partial charge in [-0.15, -0.1) is 6.42 Å². The Morgan fingerprint density at radius 3 is 2.56 bits per heavy atom. The van der Waals surface area contributed by atoms with Crippen LogP contribution in [0.2, 0.25) is 0 Å². The number of hydrogen-bond acceptors (Lipinski definition) is 3. The van der Waals surface area contributed by atoms with E-state index < -0.39 is 5.54 Å². The second kappa shape index (κ2) is 11.3. The number of halogens is 1. The highest BCUT2D eigenvalue weighted by atomic mass is 19.1. The van der Waals surface area contributed by atoms with Gasteiger partial charge in [0.1, 0.15) is 17.2 Å². The first kappa shape index (κ1) is 27.2. The highest BCUT2D eigenvalue weighted by Gasteiger charge is 2.25. The minimum absolute atomic E-state index is 0.319. The van der Waals surface area contributed by atoms with Crippen LogP contribution in [0.15, 0.2) is 77.4 Å². The predicted octanol–water partition coefficient (Wildman–Crippen LogP) is 6.51. The number of nitrogens with one attached hydrogen (secondary N) is 3. The van der Waals surface area contributed by atoms with Crippen molar-refractivity contribution in [3.8, 4) is 23.7 Å². The van der Waals surface area contributed by atoms with Crippen LogP contribution in [0, 0.1) is 18.2 Å². The molecule has 0 saturated heterocycles. The van der Waals surface area contributed by atoms with Crippen molar-refractivity contribution in [1.29, 1.82) is 0 Å². The van der Waals surface area contributed by atoms with E-state index in [9.17, 15) is 14.0 Å². The summed E-state index contributed by atoms with van der Waals surface area (Å²) >= 11 is 0. The summed E-state index contributed by atoms with van der Waals surface area (Å²) in [6.07, 6.45) is 16.8. The number of carbonyl (C=O) groups is 2. The molecule has 7 heteroatoms. The van der Waals surface area contributed by atoms with E-state index in [4.69, 9.17) is 10.8 Å². The SMILES string of the molecule is C#CC(C)(CC)NC(=O)/C=C/C(=C\C=C/C)c1cc2c(C(=O)NC)c(-c3ccc(F)cc3)oc2c2cc[nH]c12. The van der Waals surface area contributed by atoms with Crippen LogP contribution >= 0.6 is 0 Å². The highest BCUT2D eigenvalue weighted by Crippen LogP contribution is 2.40. The number of carbonyl (C=O) groups excluding carboxylic acids is 2. The molecule has 1 atom stereocenters. The minimum atomic E-state index is -0.754. The van der Waals surface area contributed by atoms with Gasteiger partial charge in [-0.05, 0) is 68.3 Å². The molecule has 0 saturated carbocycles. The van der Waals surface area contributed by atoms with E-state index >= 15 is 0 Å². The van der Waals surface area contributed by atoms with Crippen LogP contribution < -0.4 is 10.6 Å². The normalized spacial score (nSPS) is 13.7. The van der Waals surface area contributed by atoms with E-state index in [1.54, 1.807) is 38.4 Å². The number of H-pyrrole nitrogens is 1. The predicted molar refractivity (Wildman–Crippen MR) is 154 cm³/mol. The van der Waals surface area contributed by atoms with Crippen molar-refractivity contribution in [3.63, 3.8) is 0 Å². The third-order valence-electron chi connectivity index (χ3n) is 6.67. The van der Waals surface area contributed by atoms with Crippen LogP contribution in [-0.2, 0) is 4.79 Å². The summed E-state index contributed by atoms with van der Waals surface area (Å²) in [6, 6.07) is 9.54. The fraction of sp³-hybridized carbons (Fsp3) is 0.188. The van der Waals surface area contributed by atoms with Gasteiger partial charge in [0, 0.05) is 41.2 Å². The van der Waals surface area contributed by atoms with Gasteiger partial charge in [0.2, 0.25) is 5.91 Å². The number of hydrogen-bond donors (Lipinski definition) is 3. The largest absolute Gasteiger partial charge is 0.454 e. The van der Waals surface area contributed by atoms with Gasteiger partial charge in [-0.2, -0.15) is 0 Å². The molecule has 198 valence electrons. The summed E-state index contributed by atoms with van der Waals surface area (Å²) in [5, 5.41) is 6.90. The Hall–Kier alpha value is -4.83. The molecular formula is C32H30FN3O3. The number of allylic oxidation sites excluding steroid dienone is 5. The fourth-order valence-corrected chi connectivity index (χ4v) is 4.30. The zero-order chi connectivity index (χ0) is 28.2. The van der Waals surface area contributed by atoms with Gasteiger partial charge in [0.15, 0.2) is 0 Å². The zero-order valence-electron chi connectivity index (χ0n) is 22.3. The van der Waals surface area contributed by atoms with Crippen LogP contribution in [0.25, 0.3) is 38.8 Å². The summed E-state index contributed by atoms with van der Waals surface area (Å²) in [5.41, 5.74) is 2.94. The molecule has 0 aliphatic rings. The smallest absolute Gasteiger partial charge is 0.255 e. The highest BCUT2D eigenvalue weighted by molar-refractivity contribution is 6.18. The number of benzene rings is 2. The summed E-state index contributed by atoms with van der Waals surface area (Å²) < 4.78 is 19.9. The van der Waals surface area contributed by atoms with Gasteiger partial charge in [-0.1, -0.05) is 31.1 Å². The molecule has 2 aromatic carbocycles.